The van der Waals surface area contributed by atoms with Crippen LogP contribution in [0.2, 0.25) is 0 Å². The predicted octanol–water partition coefficient (Wildman–Crippen LogP) is 2.65. The third-order valence-corrected chi connectivity index (χ3v) is 7.93. The van der Waals surface area contributed by atoms with E-state index >= 15 is 0 Å². The number of amidine groups is 1. The van der Waals surface area contributed by atoms with E-state index in [0.717, 1.165) is 4.31 Å². The van der Waals surface area contributed by atoms with Crippen LogP contribution in [0.3, 0.4) is 0 Å². The molecule has 0 bridgehead atoms. The van der Waals surface area contributed by atoms with E-state index in [4.69, 9.17) is 12.3 Å². The molecule has 2 aromatic rings. The monoisotopic (exact) mass is 458 g/mol. The maximum Gasteiger partial charge on any atom is 0.274 e. The highest BCUT2D eigenvalue weighted by molar-refractivity contribution is 7.91. The van der Waals surface area contributed by atoms with E-state index in [1.165, 1.54) is 57.4 Å². The van der Waals surface area contributed by atoms with Crippen LogP contribution in [-0.4, -0.2) is 47.8 Å². The van der Waals surface area contributed by atoms with Crippen LogP contribution < -0.4 is 11.1 Å². The van der Waals surface area contributed by atoms with Crippen molar-refractivity contribution in [3.8, 4) is 0 Å². The first-order valence-corrected chi connectivity index (χ1v) is 11.0. The molecule has 9 nitrogen and oxygen atoms in total. The number of benzene rings is 1. The average molecular weight is 459 g/mol. The molecule has 32 heavy (non-hydrogen) atoms. The van der Waals surface area contributed by atoms with Crippen LogP contribution in [0.15, 0.2) is 41.5 Å². The van der Waals surface area contributed by atoms with Crippen LogP contribution in [0.4, 0.5) is 15.8 Å². The second kappa shape index (κ2) is 7.96. The highest BCUT2D eigenvalue weighted by Gasteiger charge is 2.48. The lowest BCUT2D eigenvalue weighted by Gasteiger charge is -2.29. The molecule has 1 atom stereocenters. The van der Waals surface area contributed by atoms with Crippen molar-refractivity contribution in [2.24, 2.45) is 10.7 Å². The lowest BCUT2D eigenvalue weighted by Crippen LogP contribution is -2.50. The number of rotatable bonds is 3. The van der Waals surface area contributed by atoms with E-state index in [1.54, 1.807) is 6.92 Å². The van der Waals surface area contributed by atoms with Crippen molar-refractivity contribution in [1.29, 1.82) is 0 Å². The van der Waals surface area contributed by atoms with Crippen molar-refractivity contribution < 1.29 is 17.6 Å². The SMILES string of the molecule is [C-]#[N+]c1ccc(C(=O)Nc2ccc(F)c([C@]3(C)CN(C)S(=O)(=O)C(C)(C)C(N)=N3)c2)nc1. The van der Waals surface area contributed by atoms with Gasteiger partial charge in [-0.25, -0.2) is 22.0 Å². The van der Waals surface area contributed by atoms with Gasteiger partial charge < -0.3 is 11.1 Å². The van der Waals surface area contributed by atoms with Gasteiger partial charge in [-0.1, -0.05) is 6.07 Å². The number of hydrogen-bond donors (Lipinski definition) is 2. The molecule has 3 N–H and O–H groups in total. The first kappa shape index (κ1) is 23.3. The van der Waals surface area contributed by atoms with Gasteiger partial charge in [0.1, 0.15) is 27.6 Å². The van der Waals surface area contributed by atoms with E-state index in [2.05, 4.69) is 20.1 Å². The molecule has 168 valence electrons. The van der Waals surface area contributed by atoms with Gasteiger partial charge in [-0.15, -0.1) is 0 Å². The maximum atomic E-state index is 14.9. The molecule has 1 aliphatic heterocycles. The summed E-state index contributed by atoms with van der Waals surface area (Å²) in [6, 6.07) is 6.82. The Morgan fingerprint density at radius 1 is 1.28 bits per heavy atom. The van der Waals surface area contributed by atoms with Crippen molar-refractivity contribution in [3.63, 3.8) is 0 Å². The minimum absolute atomic E-state index is 0.0781. The van der Waals surface area contributed by atoms with Gasteiger partial charge in [-0.2, -0.15) is 0 Å². The molecule has 1 aromatic heterocycles. The Labute approximate surface area is 186 Å². The molecule has 0 unspecified atom stereocenters. The van der Waals surface area contributed by atoms with Crippen molar-refractivity contribution in [2.75, 3.05) is 18.9 Å². The summed E-state index contributed by atoms with van der Waals surface area (Å²) in [6.45, 7) is 11.3. The molecular formula is C21H23FN6O3S. The number of aromatic nitrogens is 1. The largest absolute Gasteiger partial charge is 0.386 e. The summed E-state index contributed by atoms with van der Waals surface area (Å²) in [7, 11) is -2.44. The molecule has 11 heteroatoms. The zero-order valence-electron chi connectivity index (χ0n) is 18.0. The number of carbonyl (C=O) groups is 1. The lowest BCUT2D eigenvalue weighted by molar-refractivity contribution is 0.102. The topological polar surface area (TPSA) is 122 Å². The summed E-state index contributed by atoms with van der Waals surface area (Å²) in [4.78, 5) is 24.1. The molecule has 0 aliphatic carbocycles. The van der Waals surface area contributed by atoms with Crippen LogP contribution in [0.1, 0.15) is 36.8 Å². The fourth-order valence-corrected chi connectivity index (χ4v) is 4.93. The van der Waals surface area contributed by atoms with Crippen LogP contribution >= 0.6 is 0 Å². The number of likely N-dealkylation sites (N-methyl/N-ethyl adjacent to an activating group) is 1. The Morgan fingerprint density at radius 3 is 2.56 bits per heavy atom. The first-order chi connectivity index (χ1) is 14.8. The number of carbonyl (C=O) groups excluding carboxylic acids is 1. The number of nitrogens with one attached hydrogen (secondary N) is 1. The van der Waals surface area contributed by atoms with Gasteiger partial charge >= 0.3 is 0 Å². The molecule has 1 aromatic carbocycles. The number of aliphatic imine (C=N–C) groups is 1. The molecule has 0 spiro atoms. The Morgan fingerprint density at radius 2 is 1.97 bits per heavy atom. The van der Waals surface area contributed by atoms with Gasteiger partial charge in [0.15, 0.2) is 0 Å². The molecule has 0 fully saturated rings. The third kappa shape index (κ3) is 3.94. The number of halogens is 1. The highest BCUT2D eigenvalue weighted by Crippen LogP contribution is 2.36. The number of anilines is 1. The summed E-state index contributed by atoms with van der Waals surface area (Å²) in [6.07, 6.45) is 1.28. The maximum absolute atomic E-state index is 14.9. The number of nitrogens with two attached hydrogens (primary N) is 1. The number of amides is 1. The van der Waals surface area contributed by atoms with E-state index in [9.17, 15) is 17.6 Å². The summed E-state index contributed by atoms with van der Waals surface area (Å²) < 4.78 is 40.3. The van der Waals surface area contributed by atoms with Crippen LogP contribution in [-0.2, 0) is 15.6 Å². The molecule has 1 amide bonds. The molecular weight excluding hydrogens is 435 g/mol. The highest BCUT2D eigenvalue weighted by atomic mass is 32.2. The van der Waals surface area contributed by atoms with E-state index in [-0.39, 0.29) is 29.3 Å². The Balaban J connectivity index is 2.00. The molecule has 2 heterocycles. The summed E-state index contributed by atoms with van der Waals surface area (Å²) in [5.41, 5.74) is 5.45. The Kier molecular flexibility index (Phi) is 5.80. The number of sulfonamides is 1. The van der Waals surface area contributed by atoms with Gasteiger partial charge in [0.2, 0.25) is 15.7 Å². The van der Waals surface area contributed by atoms with Crippen LogP contribution in [0.25, 0.3) is 4.85 Å². The van der Waals surface area contributed by atoms with Gasteiger partial charge in [0, 0.05) is 31.0 Å². The Hall–Kier alpha value is -3.36. The minimum atomic E-state index is -3.83. The molecule has 0 saturated heterocycles. The average Bonchev–Trinajstić information content (AvgIpc) is 2.78. The number of pyridine rings is 1. The third-order valence-electron chi connectivity index (χ3n) is 5.48. The molecule has 0 radical (unpaired) electrons. The fourth-order valence-electron chi connectivity index (χ4n) is 3.42. The van der Waals surface area contributed by atoms with Crippen molar-refractivity contribution >= 4 is 33.1 Å². The fraction of sp³-hybridized carbons (Fsp3) is 0.333. The minimum Gasteiger partial charge on any atom is -0.386 e. The lowest BCUT2D eigenvalue weighted by atomic mass is 9.91. The van der Waals surface area contributed by atoms with Gasteiger partial charge in [0.25, 0.3) is 5.91 Å². The van der Waals surface area contributed by atoms with Gasteiger partial charge in [-0.3, -0.25) is 14.8 Å². The number of hydrogen-bond acceptors (Lipinski definition) is 6. The summed E-state index contributed by atoms with van der Waals surface area (Å²) in [5, 5.41) is 2.63. The van der Waals surface area contributed by atoms with Crippen molar-refractivity contribution in [2.45, 2.75) is 31.1 Å². The zero-order chi connectivity index (χ0) is 23.9. The van der Waals surface area contributed by atoms with E-state index in [1.807, 2.05) is 0 Å². The number of nitrogens with zero attached hydrogens (tertiary/aromatic N) is 4. The van der Waals surface area contributed by atoms with E-state index in [0.29, 0.717) is 5.69 Å². The standard InChI is InChI=1S/C21H23FN6O3S/c1-20(2)19(23)27-21(3,12-28(5)32(20,30)31)15-10-13(6-8-16(15)22)26-18(29)17-9-7-14(24-4)11-25-17/h6-11H,12H2,1-3,5H3,(H2,23,27)(H,26,29)/t21-/m0/s1. The molecule has 0 saturated carbocycles. The second-order valence-corrected chi connectivity index (χ2v) is 10.8. The smallest absolute Gasteiger partial charge is 0.274 e. The molecule has 1 aliphatic rings. The quantitative estimate of drug-likeness (QED) is 0.685. The predicted molar refractivity (Wildman–Crippen MR) is 119 cm³/mol. The van der Waals surface area contributed by atoms with Crippen molar-refractivity contribution in [1.82, 2.24) is 9.29 Å². The summed E-state index contributed by atoms with van der Waals surface area (Å²) >= 11 is 0. The van der Waals surface area contributed by atoms with E-state index < -0.39 is 32.0 Å². The first-order valence-electron chi connectivity index (χ1n) is 9.58. The summed E-state index contributed by atoms with van der Waals surface area (Å²) in [5.74, 6) is -1.30. The van der Waals surface area contributed by atoms with Gasteiger partial charge in [-0.05, 0) is 45.0 Å². The normalized spacial score (nSPS) is 22.3. The van der Waals surface area contributed by atoms with Gasteiger partial charge in [0.05, 0.1) is 6.57 Å². The Bertz CT molecular complexity index is 1250. The molecule has 3 rings (SSSR count). The van der Waals surface area contributed by atoms with Crippen LogP contribution in [0.5, 0.6) is 0 Å². The van der Waals surface area contributed by atoms with Crippen LogP contribution in [0, 0.1) is 12.4 Å². The zero-order valence-corrected chi connectivity index (χ0v) is 18.9. The van der Waals surface area contributed by atoms with Crippen molar-refractivity contribution in [3.05, 3.63) is 65.0 Å². The second-order valence-electron chi connectivity index (χ2n) is 8.20.